The molecular weight excluding hydrogens is 484 g/mol. The molecule has 21 heavy (non-hydrogen) atoms. The van der Waals surface area contributed by atoms with Crippen LogP contribution in [0, 0.1) is 0 Å². The zero-order chi connectivity index (χ0) is 17.1. The minimum atomic E-state index is -0.889. The normalized spacial score (nSPS) is 8.81. The Bertz CT molecular complexity index is 350. The summed E-state index contributed by atoms with van der Waals surface area (Å²) in [4.78, 5) is 9.37. The van der Waals surface area contributed by atoms with Crippen molar-refractivity contribution >= 4 is 24.2 Å². The van der Waals surface area contributed by atoms with E-state index in [4.69, 9.17) is 33.7 Å². The van der Waals surface area contributed by atoms with Gasteiger partial charge >= 0.3 is 41.8 Å². The van der Waals surface area contributed by atoms with Crippen molar-refractivity contribution in [1.29, 1.82) is 0 Å². The maximum atomic E-state index is 9.37. The minimum absolute atomic E-state index is 0.0793. The average molecular weight is 509 g/mol. The summed E-state index contributed by atoms with van der Waals surface area (Å²) in [5.74, 6) is 0.173. The summed E-state index contributed by atoms with van der Waals surface area (Å²) >= 11 is -0.889. The van der Waals surface area contributed by atoms with Crippen LogP contribution in [0.2, 0.25) is 0 Å². The molecule has 0 aliphatic heterocycles. The van der Waals surface area contributed by atoms with Crippen molar-refractivity contribution in [1.82, 2.24) is 0 Å². The fraction of sp³-hybridized carbons (Fsp3) is 0.357. The summed E-state index contributed by atoms with van der Waals surface area (Å²) in [7, 11) is 9.89. The van der Waals surface area contributed by atoms with Crippen molar-refractivity contribution < 1.29 is 37.7 Å². The van der Waals surface area contributed by atoms with Gasteiger partial charge in [0, 0.05) is 13.8 Å². The predicted octanol–water partition coefficient (Wildman–Crippen LogP) is 2.88. The van der Waals surface area contributed by atoms with Crippen molar-refractivity contribution in [3.8, 4) is 0 Å². The van der Waals surface area contributed by atoms with E-state index in [-0.39, 0.29) is 11.5 Å². The first-order valence-electron chi connectivity index (χ1n) is 6.14. The Hall–Kier alpha value is -0.330. The van der Waals surface area contributed by atoms with Crippen molar-refractivity contribution in [3.63, 3.8) is 0 Å². The SMILES string of the molecule is C/C(O)=C/C(=[OH+])c1ccccc1.CC[OH2+].CC[OH2+].[Cl][Ta][Cl]. The Kier molecular flexibility index (Phi) is 26.8. The molecule has 0 aliphatic rings. The molecule has 1 rings (SSSR count). The van der Waals surface area contributed by atoms with E-state index in [1.54, 1.807) is 26.0 Å². The fourth-order valence-electron chi connectivity index (χ4n) is 0.890. The number of ketones is 1. The second-order valence-electron chi connectivity index (χ2n) is 3.31. The van der Waals surface area contributed by atoms with Gasteiger partial charge in [-0.2, -0.15) is 0 Å². The van der Waals surface area contributed by atoms with Crippen LogP contribution in [0.25, 0.3) is 0 Å². The average Bonchev–Trinajstić information content (AvgIpc) is 2.41. The molecule has 0 aliphatic carbocycles. The first-order valence-corrected chi connectivity index (χ1v) is 14.1. The van der Waals surface area contributed by atoms with E-state index in [1.807, 2.05) is 18.2 Å². The van der Waals surface area contributed by atoms with Crippen LogP contribution in [-0.2, 0) is 17.6 Å². The van der Waals surface area contributed by atoms with Gasteiger partial charge in [-0.1, -0.05) is 18.2 Å². The number of carbonyl (C=O) groups excluding carboxylic acids is 1. The van der Waals surface area contributed by atoms with Crippen LogP contribution in [-0.4, -0.2) is 39.1 Å². The summed E-state index contributed by atoms with van der Waals surface area (Å²) in [6.07, 6.45) is 1.31. The van der Waals surface area contributed by atoms with Crippen LogP contribution in [0.15, 0.2) is 42.2 Å². The molecule has 0 spiro atoms. The monoisotopic (exact) mass is 508 g/mol. The van der Waals surface area contributed by atoms with E-state index in [0.29, 0.717) is 18.8 Å². The van der Waals surface area contributed by atoms with Gasteiger partial charge in [-0.25, -0.2) is 0 Å². The van der Waals surface area contributed by atoms with Crippen LogP contribution in [0.3, 0.4) is 0 Å². The van der Waals surface area contributed by atoms with Crippen molar-refractivity contribution in [3.05, 3.63) is 47.7 Å². The number of aliphatic hydroxyl groups excluding tert-OH is 1. The molecule has 0 fully saturated rings. The van der Waals surface area contributed by atoms with E-state index in [2.05, 4.69) is 0 Å². The third-order valence-electron chi connectivity index (χ3n) is 1.42. The van der Waals surface area contributed by atoms with Crippen LogP contribution in [0.4, 0.5) is 0 Å². The van der Waals surface area contributed by atoms with Gasteiger partial charge in [-0.05, 0) is 19.1 Å². The standard InChI is InChI=1S/C10H10O2.2C2H6O.2ClH.Ta/c1-8(11)7-10(12)9-5-3-2-4-6-9;2*1-2-3;;;/h2-7,11H,1H3;2*3H,2H2,1H3;2*1H;/q;;;;;+2/p+1/b8-7-;;;;;. The topological polar surface area (TPSA) is 87.4 Å². The molecule has 7 heteroatoms. The first kappa shape index (κ1) is 25.6. The molecule has 0 aromatic heterocycles. The summed E-state index contributed by atoms with van der Waals surface area (Å²) < 4.78 is 0. The van der Waals surface area contributed by atoms with Gasteiger partial charge in [-0.3, -0.25) is 4.79 Å². The van der Waals surface area contributed by atoms with Crippen molar-refractivity contribution in [2.45, 2.75) is 20.8 Å². The summed E-state index contributed by atoms with van der Waals surface area (Å²) in [5, 5.41) is 21.3. The van der Waals surface area contributed by atoms with E-state index >= 15 is 0 Å². The molecular formula is C14H25Cl2O4Ta+3. The molecule has 0 radical (unpaired) electrons. The van der Waals surface area contributed by atoms with Gasteiger partial charge < -0.3 is 15.3 Å². The molecule has 0 atom stereocenters. The van der Waals surface area contributed by atoms with Gasteiger partial charge in [-0.15, -0.1) is 0 Å². The molecule has 121 valence electrons. The molecule has 4 nitrogen and oxygen atoms in total. The van der Waals surface area contributed by atoms with Crippen LogP contribution in [0.1, 0.15) is 26.3 Å². The number of rotatable bonds is 2. The van der Waals surface area contributed by atoms with E-state index in [9.17, 15) is 4.79 Å². The number of allylic oxidation sites excluding steroid dienone is 2. The Morgan fingerprint density at radius 2 is 1.52 bits per heavy atom. The molecule has 0 bridgehead atoms. The van der Waals surface area contributed by atoms with Crippen LogP contribution >= 0.6 is 18.4 Å². The molecule has 0 saturated heterocycles. The van der Waals surface area contributed by atoms with Crippen molar-refractivity contribution in [2.24, 2.45) is 0 Å². The Morgan fingerprint density at radius 3 is 1.81 bits per heavy atom. The number of benzene rings is 1. The third-order valence-corrected chi connectivity index (χ3v) is 1.42. The van der Waals surface area contributed by atoms with Gasteiger partial charge in [0.25, 0.3) is 0 Å². The molecule has 0 unspecified atom stereocenters. The number of hydrogen-bond acceptors (Lipinski definition) is 1. The summed E-state index contributed by atoms with van der Waals surface area (Å²) in [6, 6.07) is 9.06. The second kappa shape index (κ2) is 22.0. The van der Waals surface area contributed by atoms with Crippen LogP contribution in [0.5, 0.6) is 0 Å². The fourth-order valence-corrected chi connectivity index (χ4v) is 0.890. The summed E-state index contributed by atoms with van der Waals surface area (Å²) in [5.41, 5.74) is 0.700. The molecule has 0 heterocycles. The van der Waals surface area contributed by atoms with Gasteiger partial charge in [0.05, 0.1) is 17.4 Å². The molecule has 6 N–H and O–H groups in total. The molecule has 0 amide bonds. The van der Waals surface area contributed by atoms with E-state index < -0.39 is 17.6 Å². The number of aliphatic hydroxyl groups is 1. The maximum absolute atomic E-state index is 9.37. The summed E-state index contributed by atoms with van der Waals surface area (Å²) in [6.45, 7) is 6.10. The third kappa shape index (κ3) is 25.0. The van der Waals surface area contributed by atoms with Gasteiger partial charge in [0.1, 0.15) is 13.2 Å². The zero-order valence-electron chi connectivity index (χ0n) is 12.5. The number of hydrogen-bond donors (Lipinski definition) is 1. The predicted molar refractivity (Wildman–Crippen MR) is 88.9 cm³/mol. The number of halogens is 2. The molecule has 1 aromatic carbocycles. The zero-order valence-corrected chi connectivity index (χ0v) is 17.2. The Morgan fingerprint density at radius 1 is 1.19 bits per heavy atom. The Balaban J connectivity index is -0.000000300. The van der Waals surface area contributed by atoms with Gasteiger partial charge in [0.15, 0.2) is 0 Å². The van der Waals surface area contributed by atoms with Crippen molar-refractivity contribution in [2.75, 3.05) is 13.2 Å². The Labute approximate surface area is 143 Å². The first-order chi connectivity index (χ1) is 9.94. The molecule has 0 saturated carbocycles. The van der Waals surface area contributed by atoms with Gasteiger partial charge in [0.2, 0.25) is 0 Å². The van der Waals surface area contributed by atoms with E-state index in [1.165, 1.54) is 13.0 Å². The molecule has 1 aromatic rings. The van der Waals surface area contributed by atoms with E-state index in [0.717, 1.165) is 0 Å². The second-order valence-corrected chi connectivity index (χ2v) is 7.95. The quantitative estimate of drug-likeness (QED) is 0.283. The van der Waals surface area contributed by atoms with Crippen LogP contribution < -0.4 is 0 Å².